The molecule has 19 heavy (non-hydrogen) atoms. The summed E-state index contributed by atoms with van der Waals surface area (Å²) in [4.78, 5) is 2.02. The zero-order valence-corrected chi connectivity index (χ0v) is 12.9. The van der Waals surface area contributed by atoms with Gasteiger partial charge >= 0.3 is 0 Å². The molecule has 3 heteroatoms. The molecule has 0 fully saturated rings. The van der Waals surface area contributed by atoms with E-state index < -0.39 is 0 Å². The van der Waals surface area contributed by atoms with Gasteiger partial charge in [-0.05, 0) is 50.9 Å². The van der Waals surface area contributed by atoms with Crippen molar-refractivity contribution in [3.05, 3.63) is 29.6 Å². The molecule has 0 amide bonds. The van der Waals surface area contributed by atoms with Gasteiger partial charge in [0.05, 0.1) is 5.69 Å². The first-order chi connectivity index (χ1) is 8.92. The van der Waals surface area contributed by atoms with Crippen LogP contribution in [0.25, 0.3) is 0 Å². The minimum atomic E-state index is -0.139. The second-order valence-electron chi connectivity index (χ2n) is 5.69. The van der Waals surface area contributed by atoms with Crippen LogP contribution in [0.2, 0.25) is 0 Å². The number of halogens is 1. The third-order valence-corrected chi connectivity index (χ3v) is 3.90. The maximum atomic E-state index is 14.2. The molecule has 0 aliphatic carbocycles. The first-order valence-electron chi connectivity index (χ1n) is 7.15. The Morgan fingerprint density at radius 2 is 1.95 bits per heavy atom. The highest BCUT2D eigenvalue weighted by Crippen LogP contribution is 2.27. The van der Waals surface area contributed by atoms with Gasteiger partial charge in [0, 0.05) is 19.1 Å². The molecule has 2 nitrogen and oxygen atoms in total. The van der Waals surface area contributed by atoms with Crippen molar-refractivity contribution in [3.63, 3.8) is 0 Å². The highest BCUT2D eigenvalue weighted by atomic mass is 19.1. The lowest BCUT2D eigenvalue weighted by Crippen LogP contribution is -2.41. The number of benzene rings is 1. The molecule has 1 aromatic rings. The monoisotopic (exact) mass is 266 g/mol. The summed E-state index contributed by atoms with van der Waals surface area (Å²) < 4.78 is 14.2. The molecule has 1 N–H and O–H groups in total. The van der Waals surface area contributed by atoms with Gasteiger partial charge < -0.3 is 10.2 Å². The van der Waals surface area contributed by atoms with Gasteiger partial charge in [-0.2, -0.15) is 0 Å². The van der Waals surface area contributed by atoms with E-state index in [2.05, 4.69) is 33.0 Å². The van der Waals surface area contributed by atoms with Crippen molar-refractivity contribution < 1.29 is 4.39 Å². The molecular formula is C16H27FN2. The van der Waals surface area contributed by atoms with Crippen LogP contribution in [0.1, 0.15) is 46.1 Å². The first-order valence-corrected chi connectivity index (χ1v) is 7.15. The van der Waals surface area contributed by atoms with E-state index in [4.69, 9.17) is 0 Å². The van der Waals surface area contributed by atoms with E-state index in [0.717, 1.165) is 31.5 Å². The van der Waals surface area contributed by atoms with Gasteiger partial charge in [-0.3, -0.25) is 0 Å². The molecule has 0 saturated heterocycles. The van der Waals surface area contributed by atoms with Gasteiger partial charge in [-0.1, -0.05) is 19.9 Å². The molecule has 0 aliphatic rings. The summed E-state index contributed by atoms with van der Waals surface area (Å²) in [7, 11) is 1.96. The highest BCUT2D eigenvalue weighted by Gasteiger charge is 2.23. The van der Waals surface area contributed by atoms with Gasteiger partial charge in [0.25, 0.3) is 0 Å². The Kier molecular flexibility index (Phi) is 5.80. The Labute approximate surface area is 117 Å². The molecule has 0 aromatic heterocycles. The SMILES string of the molecule is CCCNCc1ccc(N(C)C(C)(C)CC)c(F)c1. The van der Waals surface area contributed by atoms with E-state index in [1.165, 1.54) is 0 Å². The average Bonchev–Trinajstić information content (AvgIpc) is 2.38. The number of nitrogens with one attached hydrogen (secondary N) is 1. The molecule has 1 aromatic carbocycles. The van der Waals surface area contributed by atoms with Crippen molar-refractivity contribution >= 4 is 5.69 Å². The molecule has 0 heterocycles. The molecule has 0 unspecified atom stereocenters. The van der Waals surface area contributed by atoms with Crippen LogP contribution in [0, 0.1) is 5.82 Å². The van der Waals surface area contributed by atoms with Crippen LogP contribution in [-0.2, 0) is 6.54 Å². The molecule has 0 saturated carbocycles. The number of hydrogen-bond donors (Lipinski definition) is 1. The summed E-state index contributed by atoms with van der Waals surface area (Å²) in [6, 6.07) is 5.53. The zero-order valence-electron chi connectivity index (χ0n) is 12.9. The summed E-state index contributed by atoms with van der Waals surface area (Å²) >= 11 is 0. The van der Waals surface area contributed by atoms with E-state index in [9.17, 15) is 4.39 Å². The lowest BCUT2D eigenvalue weighted by molar-refractivity contribution is 0.462. The molecular weight excluding hydrogens is 239 g/mol. The summed E-state index contributed by atoms with van der Waals surface area (Å²) in [5, 5.41) is 3.29. The largest absolute Gasteiger partial charge is 0.367 e. The van der Waals surface area contributed by atoms with Gasteiger partial charge in [-0.25, -0.2) is 4.39 Å². The van der Waals surface area contributed by atoms with Crippen LogP contribution >= 0.6 is 0 Å². The van der Waals surface area contributed by atoms with Crippen molar-refractivity contribution in [2.24, 2.45) is 0 Å². The van der Waals surface area contributed by atoms with Crippen LogP contribution in [0.4, 0.5) is 10.1 Å². The fourth-order valence-corrected chi connectivity index (χ4v) is 1.91. The summed E-state index contributed by atoms with van der Waals surface area (Å²) in [5.41, 5.74) is 1.63. The second kappa shape index (κ2) is 6.90. The van der Waals surface area contributed by atoms with E-state index in [-0.39, 0.29) is 11.4 Å². The quantitative estimate of drug-likeness (QED) is 0.752. The smallest absolute Gasteiger partial charge is 0.146 e. The van der Waals surface area contributed by atoms with Crippen molar-refractivity contribution in [1.29, 1.82) is 0 Å². The van der Waals surface area contributed by atoms with E-state index in [0.29, 0.717) is 5.69 Å². The third kappa shape index (κ3) is 4.20. The van der Waals surface area contributed by atoms with Crippen LogP contribution in [0.3, 0.4) is 0 Å². The van der Waals surface area contributed by atoms with Crippen LogP contribution < -0.4 is 10.2 Å². The van der Waals surface area contributed by atoms with Crippen molar-refractivity contribution in [2.45, 2.75) is 52.6 Å². The van der Waals surface area contributed by atoms with Crippen molar-refractivity contribution in [1.82, 2.24) is 5.32 Å². The fraction of sp³-hybridized carbons (Fsp3) is 0.625. The maximum Gasteiger partial charge on any atom is 0.146 e. The van der Waals surface area contributed by atoms with Crippen molar-refractivity contribution in [3.8, 4) is 0 Å². The average molecular weight is 266 g/mol. The topological polar surface area (TPSA) is 15.3 Å². The standard InChI is InChI=1S/C16H27FN2/c1-6-10-18-12-13-8-9-15(14(17)11-13)19(5)16(3,4)7-2/h8-9,11,18H,6-7,10,12H2,1-5H3. The van der Waals surface area contributed by atoms with Crippen LogP contribution in [-0.4, -0.2) is 19.1 Å². The molecule has 0 spiro atoms. The van der Waals surface area contributed by atoms with Crippen LogP contribution in [0.15, 0.2) is 18.2 Å². The van der Waals surface area contributed by atoms with E-state index in [1.54, 1.807) is 6.07 Å². The zero-order chi connectivity index (χ0) is 14.5. The summed E-state index contributed by atoms with van der Waals surface area (Å²) in [6.45, 7) is 10.2. The lowest BCUT2D eigenvalue weighted by atomic mass is 9.99. The predicted octanol–water partition coefficient (Wildman–Crippen LogP) is 3.95. The van der Waals surface area contributed by atoms with Gasteiger partial charge in [-0.15, -0.1) is 0 Å². The molecule has 108 valence electrons. The Bertz CT molecular complexity index is 402. The van der Waals surface area contributed by atoms with Crippen molar-refractivity contribution in [2.75, 3.05) is 18.5 Å². The second-order valence-corrected chi connectivity index (χ2v) is 5.69. The van der Waals surface area contributed by atoms with Gasteiger partial charge in [0.2, 0.25) is 0 Å². The van der Waals surface area contributed by atoms with E-state index >= 15 is 0 Å². The van der Waals surface area contributed by atoms with E-state index in [1.807, 2.05) is 24.1 Å². The number of hydrogen-bond acceptors (Lipinski definition) is 2. The molecule has 0 radical (unpaired) electrons. The molecule has 1 rings (SSSR count). The minimum Gasteiger partial charge on any atom is -0.367 e. The Morgan fingerprint density at radius 1 is 1.26 bits per heavy atom. The lowest BCUT2D eigenvalue weighted by Gasteiger charge is -2.37. The minimum absolute atomic E-state index is 0.0389. The Balaban J connectivity index is 2.82. The molecule has 0 bridgehead atoms. The predicted molar refractivity (Wildman–Crippen MR) is 81.2 cm³/mol. The Morgan fingerprint density at radius 3 is 2.47 bits per heavy atom. The Hall–Kier alpha value is -1.09. The molecule has 0 aliphatic heterocycles. The summed E-state index contributed by atoms with van der Waals surface area (Å²) in [6.07, 6.45) is 2.07. The number of anilines is 1. The fourth-order valence-electron chi connectivity index (χ4n) is 1.91. The highest BCUT2D eigenvalue weighted by molar-refractivity contribution is 5.50. The first kappa shape index (κ1) is 16.0. The van der Waals surface area contributed by atoms with Gasteiger partial charge in [0.15, 0.2) is 0 Å². The summed E-state index contributed by atoms with van der Waals surface area (Å²) in [5.74, 6) is -0.139. The molecule has 0 atom stereocenters. The van der Waals surface area contributed by atoms with Crippen LogP contribution in [0.5, 0.6) is 0 Å². The normalized spacial score (nSPS) is 11.7. The maximum absolute atomic E-state index is 14.2. The number of rotatable bonds is 7. The number of nitrogens with zero attached hydrogens (tertiary/aromatic N) is 1. The van der Waals surface area contributed by atoms with Gasteiger partial charge in [0.1, 0.15) is 5.82 Å². The third-order valence-electron chi connectivity index (χ3n) is 3.90.